The third-order valence-corrected chi connectivity index (χ3v) is 2.99. The summed E-state index contributed by atoms with van der Waals surface area (Å²) >= 11 is 0. The van der Waals surface area contributed by atoms with Gasteiger partial charge in [-0.2, -0.15) is 0 Å². The van der Waals surface area contributed by atoms with Crippen molar-refractivity contribution in [2.45, 2.75) is 53.1 Å². The normalized spacial score (nSPS) is 11.3. The lowest BCUT2D eigenvalue weighted by Gasteiger charge is -2.22. The van der Waals surface area contributed by atoms with Gasteiger partial charge in [0.15, 0.2) is 0 Å². The first kappa shape index (κ1) is 17.5. The van der Waals surface area contributed by atoms with Crippen molar-refractivity contribution in [1.29, 1.82) is 0 Å². The SMILES string of the molecule is CCNC(=O)CCOc1ccc(C)cc1CNC(C)(C)C. The van der Waals surface area contributed by atoms with Crippen molar-refractivity contribution in [3.8, 4) is 5.75 Å². The van der Waals surface area contributed by atoms with Crippen molar-refractivity contribution < 1.29 is 9.53 Å². The second-order valence-corrected chi connectivity index (χ2v) is 6.27. The fraction of sp³-hybridized carbons (Fsp3) is 0.588. The molecule has 21 heavy (non-hydrogen) atoms. The van der Waals surface area contributed by atoms with Gasteiger partial charge in [-0.15, -0.1) is 0 Å². The molecular formula is C17H28N2O2. The first-order valence-electron chi connectivity index (χ1n) is 7.56. The lowest BCUT2D eigenvalue weighted by atomic mass is 10.1. The van der Waals surface area contributed by atoms with E-state index in [9.17, 15) is 4.79 Å². The number of benzene rings is 1. The van der Waals surface area contributed by atoms with Gasteiger partial charge < -0.3 is 15.4 Å². The monoisotopic (exact) mass is 292 g/mol. The van der Waals surface area contributed by atoms with Gasteiger partial charge in [-0.1, -0.05) is 17.7 Å². The largest absolute Gasteiger partial charge is 0.493 e. The first-order valence-corrected chi connectivity index (χ1v) is 7.56. The van der Waals surface area contributed by atoms with E-state index < -0.39 is 0 Å². The van der Waals surface area contributed by atoms with Crippen molar-refractivity contribution in [1.82, 2.24) is 10.6 Å². The molecule has 118 valence electrons. The van der Waals surface area contributed by atoms with Crippen LogP contribution in [0.4, 0.5) is 0 Å². The van der Waals surface area contributed by atoms with Crippen LogP contribution in [0.5, 0.6) is 5.75 Å². The van der Waals surface area contributed by atoms with Gasteiger partial charge >= 0.3 is 0 Å². The van der Waals surface area contributed by atoms with Crippen LogP contribution in [0.25, 0.3) is 0 Å². The van der Waals surface area contributed by atoms with Gasteiger partial charge in [-0.25, -0.2) is 0 Å². The zero-order chi connectivity index (χ0) is 15.9. The van der Waals surface area contributed by atoms with E-state index in [1.807, 2.05) is 19.1 Å². The Kier molecular flexibility index (Phi) is 6.69. The molecule has 0 radical (unpaired) electrons. The number of ether oxygens (including phenoxy) is 1. The van der Waals surface area contributed by atoms with E-state index in [-0.39, 0.29) is 11.4 Å². The van der Waals surface area contributed by atoms with Gasteiger partial charge in [-0.3, -0.25) is 4.79 Å². The van der Waals surface area contributed by atoms with Crippen LogP contribution in [0.3, 0.4) is 0 Å². The van der Waals surface area contributed by atoms with E-state index in [0.29, 0.717) is 19.6 Å². The molecule has 0 aliphatic carbocycles. The molecule has 0 saturated heterocycles. The Morgan fingerprint density at radius 1 is 1.29 bits per heavy atom. The molecule has 0 atom stereocenters. The van der Waals surface area contributed by atoms with E-state index in [1.165, 1.54) is 5.56 Å². The minimum atomic E-state index is 0.0268. The minimum absolute atomic E-state index is 0.0268. The number of hydrogen-bond acceptors (Lipinski definition) is 3. The summed E-state index contributed by atoms with van der Waals surface area (Å²) in [5.41, 5.74) is 2.39. The van der Waals surface area contributed by atoms with Crippen molar-refractivity contribution in [2.75, 3.05) is 13.2 Å². The summed E-state index contributed by atoms with van der Waals surface area (Å²) in [6.07, 6.45) is 0.383. The van der Waals surface area contributed by atoms with Crippen LogP contribution in [0, 0.1) is 6.92 Å². The van der Waals surface area contributed by atoms with Gasteiger partial charge in [0.2, 0.25) is 5.91 Å². The van der Waals surface area contributed by atoms with Crippen molar-refractivity contribution in [2.24, 2.45) is 0 Å². The van der Waals surface area contributed by atoms with Crippen molar-refractivity contribution in [3.63, 3.8) is 0 Å². The third kappa shape index (κ3) is 7.14. The van der Waals surface area contributed by atoms with E-state index >= 15 is 0 Å². The van der Waals surface area contributed by atoms with Crippen molar-refractivity contribution >= 4 is 5.91 Å². The molecule has 0 unspecified atom stereocenters. The summed E-state index contributed by atoms with van der Waals surface area (Å²) in [5, 5.41) is 6.24. The zero-order valence-corrected chi connectivity index (χ0v) is 13.9. The highest BCUT2D eigenvalue weighted by molar-refractivity contribution is 5.75. The number of rotatable bonds is 7. The van der Waals surface area contributed by atoms with Crippen LogP contribution < -0.4 is 15.4 Å². The Morgan fingerprint density at radius 3 is 2.62 bits per heavy atom. The maximum atomic E-state index is 11.4. The van der Waals surface area contributed by atoms with Gasteiger partial charge in [0.25, 0.3) is 0 Å². The van der Waals surface area contributed by atoms with Gasteiger partial charge in [0, 0.05) is 24.2 Å². The average Bonchev–Trinajstić information content (AvgIpc) is 2.38. The Morgan fingerprint density at radius 2 is 2.00 bits per heavy atom. The molecule has 4 heteroatoms. The molecule has 0 heterocycles. The molecule has 0 aliphatic heterocycles. The highest BCUT2D eigenvalue weighted by Gasteiger charge is 2.11. The minimum Gasteiger partial charge on any atom is -0.493 e. The number of amides is 1. The van der Waals surface area contributed by atoms with Crippen LogP contribution >= 0.6 is 0 Å². The molecule has 0 fully saturated rings. The molecule has 0 aromatic heterocycles. The molecule has 4 nitrogen and oxygen atoms in total. The average molecular weight is 292 g/mol. The highest BCUT2D eigenvalue weighted by Crippen LogP contribution is 2.21. The lowest BCUT2D eigenvalue weighted by molar-refractivity contribution is -0.121. The molecule has 1 aromatic carbocycles. The van der Waals surface area contributed by atoms with Crippen LogP contribution in [-0.4, -0.2) is 24.6 Å². The van der Waals surface area contributed by atoms with Gasteiger partial charge in [0.05, 0.1) is 13.0 Å². The summed E-state index contributed by atoms with van der Waals surface area (Å²) in [7, 11) is 0. The van der Waals surface area contributed by atoms with Crippen LogP contribution in [-0.2, 0) is 11.3 Å². The number of carbonyl (C=O) groups is 1. The number of hydrogen-bond donors (Lipinski definition) is 2. The maximum absolute atomic E-state index is 11.4. The molecule has 0 bridgehead atoms. The van der Waals surface area contributed by atoms with Crippen LogP contribution in [0.2, 0.25) is 0 Å². The Bertz CT molecular complexity index is 464. The molecular weight excluding hydrogens is 264 g/mol. The smallest absolute Gasteiger partial charge is 0.223 e. The van der Waals surface area contributed by atoms with Gasteiger partial charge in [-0.05, 0) is 40.7 Å². The van der Waals surface area contributed by atoms with Crippen LogP contribution in [0.15, 0.2) is 18.2 Å². The molecule has 0 saturated carbocycles. The summed E-state index contributed by atoms with van der Waals surface area (Å²) in [5.74, 6) is 0.876. The van der Waals surface area contributed by atoms with Gasteiger partial charge in [0.1, 0.15) is 5.75 Å². The predicted molar refractivity (Wildman–Crippen MR) is 86.6 cm³/mol. The van der Waals surface area contributed by atoms with E-state index in [2.05, 4.69) is 44.4 Å². The third-order valence-electron chi connectivity index (χ3n) is 2.99. The molecule has 0 aliphatic rings. The first-order chi connectivity index (χ1) is 9.81. The predicted octanol–water partition coefficient (Wildman–Crippen LogP) is 2.79. The van der Waals surface area contributed by atoms with E-state index in [4.69, 9.17) is 4.74 Å². The fourth-order valence-corrected chi connectivity index (χ4v) is 1.89. The molecule has 1 amide bonds. The summed E-state index contributed by atoms with van der Waals surface area (Å²) in [6.45, 7) is 12.2. The molecule has 0 spiro atoms. The summed E-state index contributed by atoms with van der Waals surface area (Å²) in [4.78, 5) is 11.4. The maximum Gasteiger partial charge on any atom is 0.223 e. The standard InChI is InChI=1S/C17H28N2O2/c1-6-18-16(20)9-10-21-15-8-7-13(2)11-14(15)12-19-17(3,4)5/h7-8,11,19H,6,9-10,12H2,1-5H3,(H,18,20). The quantitative estimate of drug-likeness (QED) is 0.812. The summed E-state index contributed by atoms with van der Waals surface area (Å²) in [6, 6.07) is 6.13. The number of carbonyl (C=O) groups excluding carboxylic acids is 1. The number of nitrogens with one attached hydrogen (secondary N) is 2. The van der Waals surface area contributed by atoms with E-state index in [1.54, 1.807) is 0 Å². The molecule has 2 N–H and O–H groups in total. The zero-order valence-electron chi connectivity index (χ0n) is 13.9. The second-order valence-electron chi connectivity index (χ2n) is 6.27. The molecule has 1 aromatic rings. The summed E-state index contributed by atoms with van der Waals surface area (Å²) < 4.78 is 5.77. The highest BCUT2D eigenvalue weighted by atomic mass is 16.5. The van der Waals surface area contributed by atoms with Crippen molar-refractivity contribution in [3.05, 3.63) is 29.3 Å². The Labute approximate surface area is 128 Å². The Balaban J connectivity index is 2.62. The number of aryl methyl sites for hydroxylation is 1. The molecule has 1 rings (SSSR count). The fourth-order valence-electron chi connectivity index (χ4n) is 1.89. The Hall–Kier alpha value is -1.55. The van der Waals surface area contributed by atoms with E-state index in [0.717, 1.165) is 17.9 Å². The van der Waals surface area contributed by atoms with Crippen LogP contribution in [0.1, 0.15) is 45.2 Å². The lowest BCUT2D eigenvalue weighted by Crippen LogP contribution is -2.35. The topological polar surface area (TPSA) is 50.4 Å². The second kappa shape index (κ2) is 8.03.